The van der Waals surface area contributed by atoms with Gasteiger partial charge < -0.3 is 13.7 Å². The lowest BCUT2D eigenvalue weighted by atomic mass is 9.81. The molecule has 2 heterocycles. The summed E-state index contributed by atoms with van der Waals surface area (Å²) in [5, 5.41) is 4.30. The minimum Gasteiger partial charge on any atom is -0.456 e. The quantitative estimate of drug-likeness (QED) is 0.177. The second-order valence-electron chi connectivity index (χ2n) is 20.4. The van der Waals surface area contributed by atoms with Crippen LogP contribution in [0.2, 0.25) is 0 Å². The zero-order chi connectivity index (χ0) is 44.4. The molecule has 316 valence electrons. The smallest absolute Gasteiger partial charge is 0.160 e. The van der Waals surface area contributed by atoms with Crippen molar-refractivity contribution in [2.45, 2.75) is 57.8 Å². The highest BCUT2D eigenvalue weighted by Gasteiger charge is 2.40. The summed E-state index contributed by atoms with van der Waals surface area (Å²) in [5.74, 6) is 0. The van der Waals surface area contributed by atoms with E-state index in [9.17, 15) is 0 Å². The van der Waals surface area contributed by atoms with Crippen LogP contribution < -0.4 is 4.90 Å². The van der Waals surface area contributed by atoms with E-state index in [1.165, 1.54) is 66.8 Å². The summed E-state index contributed by atoms with van der Waals surface area (Å²) in [5.41, 5.74) is 24.2. The highest BCUT2D eigenvalue weighted by Crippen LogP contribution is 2.57. The maximum atomic E-state index is 7.37. The number of rotatable bonds is 4. The largest absolute Gasteiger partial charge is 0.456 e. The highest BCUT2D eigenvalue weighted by atomic mass is 16.3. The molecular formula is C63H47NO2. The van der Waals surface area contributed by atoms with Gasteiger partial charge in [-0.05, 0) is 127 Å². The molecule has 9 aromatic carbocycles. The third-order valence-corrected chi connectivity index (χ3v) is 15.9. The molecular weight excluding hydrogens is 803 g/mol. The number of benzene rings is 9. The van der Waals surface area contributed by atoms with Gasteiger partial charge in [-0.2, -0.15) is 0 Å². The van der Waals surface area contributed by atoms with Gasteiger partial charge in [-0.25, -0.2) is 0 Å². The number of furan rings is 2. The monoisotopic (exact) mass is 849 g/mol. The Morgan fingerprint density at radius 1 is 0.333 bits per heavy atom. The normalized spacial score (nSPS) is 15.5. The molecule has 0 atom stereocenters. The molecule has 66 heavy (non-hydrogen) atoms. The summed E-state index contributed by atoms with van der Waals surface area (Å²) in [6.07, 6.45) is 0. The minimum atomic E-state index is -0.197. The molecule has 3 heteroatoms. The van der Waals surface area contributed by atoms with Gasteiger partial charge in [0.15, 0.2) is 5.58 Å². The van der Waals surface area contributed by atoms with E-state index in [0.29, 0.717) is 0 Å². The molecule has 0 aliphatic heterocycles. The van der Waals surface area contributed by atoms with Crippen LogP contribution in [0.5, 0.6) is 0 Å². The zero-order valence-corrected chi connectivity index (χ0v) is 38.0. The number of hydrogen-bond acceptors (Lipinski definition) is 3. The summed E-state index contributed by atoms with van der Waals surface area (Å²) in [6.45, 7) is 14.2. The molecule has 3 aliphatic rings. The molecule has 0 radical (unpaired) electrons. The van der Waals surface area contributed by atoms with Gasteiger partial charge in [0.25, 0.3) is 0 Å². The maximum absolute atomic E-state index is 7.37. The van der Waals surface area contributed by atoms with Crippen molar-refractivity contribution < 1.29 is 8.83 Å². The number of anilines is 3. The lowest BCUT2D eigenvalue weighted by Crippen LogP contribution is -2.18. The molecule has 0 unspecified atom stereocenters. The van der Waals surface area contributed by atoms with Gasteiger partial charge in [-0.1, -0.05) is 163 Å². The predicted molar refractivity (Wildman–Crippen MR) is 274 cm³/mol. The molecule has 0 spiro atoms. The fourth-order valence-electron chi connectivity index (χ4n) is 12.5. The summed E-state index contributed by atoms with van der Waals surface area (Å²) in [4.78, 5) is 2.51. The predicted octanol–water partition coefficient (Wildman–Crippen LogP) is 17.5. The molecule has 14 rings (SSSR count). The standard InChI is InChI=1S/C63H47NO2/c1-61(2)48-19-11-7-15-40(48)43-26-23-36(33-51(43)61)39-29-30-47-58-56(32-31-55-57(58)46-18-10-14-22-54(46)65-55)66-60(47)59(39)64(37-24-27-44-41-16-8-12-20-49(41)62(3,4)52(44)34-37)38-25-28-45-42-17-9-13-21-50(42)63(5,6)53(45)35-38/h7-35H,1-6H3. The summed E-state index contributed by atoms with van der Waals surface area (Å²) in [7, 11) is 0. The van der Waals surface area contributed by atoms with Crippen LogP contribution in [0.15, 0.2) is 185 Å². The van der Waals surface area contributed by atoms with E-state index < -0.39 is 0 Å². The van der Waals surface area contributed by atoms with Crippen molar-refractivity contribution in [1.29, 1.82) is 0 Å². The number of nitrogens with zero attached hydrogens (tertiary/aromatic N) is 1. The molecule has 3 aliphatic carbocycles. The number of fused-ring (bicyclic) bond motifs is 16. The van der Waals surface area contributed by atoms with Gasteiger partial charge in [-0.15, -0.1) is 0 Å². The number of hydrogen-bond donors (Lipinski definition) is 0. The van der Waals surface area contributed by atoms with Crippen LogP contribution in [0, 0.1) is 0 Å². The van der Waals surface area contributed by atoms with Crippen molar-refractivity contribution in [3.63, 3.8) is 0 Å². The van der Waals surface area contributed by atoms with Crippen molar-refractivity contribution in [3.8, 4) is 44.5 Å². The molecule has 0 bridgehead atoms. The topological polar surface area (TPSA) is 29.5 Å². The molecule has 11 aromatic rings. The van der Waals surface area contributed by atoms with Gasteiger partial charge in [0.05, 0.1) is 5.69 Å². The first-order chi connectivity index (χ1) is 32.0. The lowest BCUT2D eigenvalue weighted by Gasteiger charge is -2.31. The highest BCUT2D eigenvalue weighted by molar-refractivity contribution is 6.27. The van der Waals surface area contributed by atoms with Gasteiger partial charge in [0.2, 0.25) is 0 Å². The molecule has 0 N–H and O–H groups in total. The first-order valence-corrected chi connectivity index (χ1v) is 23.3. The Balaban J connectivity index is 1.10. The molecule has 0 fully saturated rings. The summed E-state index contributed by atoms with van der Waals surface area (Å²) < 4.78 is 13.9. The van der Waals surface area contributed by atoms with E-state index in [2.05, 4.69) is 216 Å². The van der Waals surface area contributed by atoms with Crippen LogP contribution in [0.4, 0.5) is 17.1 Å². The minimum absolute atomic E-state index is 0.166. The number of para-hydroxylation sites is 1. The van der Waals surface area contributed by atoms with Gasteiger partial charge in [0, 0.05) is 54.7 Å². The molecule has 3 nitrogen and oxygen atoms in total. The van der Waals surface area contributed by atoms with Crippen LogP contribution in [0.3, 0.4) is 0 Å². The van der Waals surface area contributed by atoms with Crippen LogP contribution in [-0.4, -0.2) is 0 Å². The fraction of sp³-hybridized carbons (Fsp3) is 0.143. The van der Waals surface area contributed by atoms with E-state index in [1.54, 1.807) is 0 Å². The summed E-state index contributed by atoms with van der Waals surface area (Å²) >= 11 is 0. The third-order valence-electron chi connectivity index (χ3n) is 15.9. The Morgan fingerprint density at radius 2 is 0.773 bits per heavy atom. The van der Waals surface area contributed by atoms with E-state index in [-0.39, 0.29) is 16.2 Å². The van der Waals surface area contributed by atoms with E-state index in [4.69, 9.17) is 8.83 Å². The van der Waals surface area contributed by atoms with Crippen molar-refractivity contribution in [3.05, 3.63) is 209 Å². The fourth-order valence-corrected chi connectivity index (χ4v) is 12.5. The average Bonchev–Trinajstić information content (AvgIpc) is 4.08. The van der Waals surface area contributed by atoms with E-state index in [1.807, 2.05) is 6.07 Å². The summed E-state index contributed by atoms with van der Waals surface area (Å²) in [6, 6.07) is 65.3. The SMILES string of the molecule is CC1(C)c2ccccc2-c2ccc(-c3ccc4c(oc5ccc6oc7ccccc7c6c54)c3N(c3ccc4c(c3)C(C)(C)c3ccccc3-4)c3ccc4c(c3)C(C)(C)c3ccccc3-4)cc21. The molecule has 0 saturated heterocycles. The first kappa shape index (κ1) is 37.7. The van der Waals surface area contributed by atoms with Crippen molar-refractivity contribution in [2.24, 2.45) is 0 Å². The Labute approximate surface area is 384 Å². The van der Waals surface area contributed by atoms with E-state index >= 15 is 0 Å². The van der Waals surface area contributed by atoms with Crippen molar-refractivity contribution >= 4 is 60.9 Å². The third kappa shape index (κ3) is 4.82. The van der Waals surface area contributed by atoms with Gasteiger partial charge in [-0.3, -0.25) is 0 Å². The van der Waals surface area contributed by atoms with Crippen LogP contribution in [-0.2, 0) is 16.2 Å². The average molecular weight is 850 g/mol. The zero-order valence-electron chi connectivity index (χ0n) is 38.0. The second kappa shape index (κ2) is 12.8. The second-order valence-corrected chi connectivity index (χ2v) is 20.4. The van der Waals surface area contributed by atoms with Crippen molar-refractivity contribution in [1.82, 2.24) is 0 Å². The maximum Gasteiger partial charge on any atom is 0.160 e. The van der Waals surface area contributed by atoms with Crippen LogP contribution in [0.1, 0.15) is 74.9 Å². The Kier molecular flexibility index (Phi) is 7.32. The molecule has 0 amide bonds. The van der Waals surface area contributed by atoms with Crippen LogP contribution in [0.25, 0.3) is 88.4 Å². The van der Waals surface area contributed by atoms with Crippen molar-refractivity contribution in [2.75, 3.05) is 4.90 Å². The Bertz CT molecular complexity index is 3820. The van der Waals surface area contributed by atoms with E-state index in [0.717, 1.165) is 72.1 Å². The molecule has 2 aromatic heterocycles. The Morgan fingerprint density at radius 3 is 1.35 bits per heavy atom. The van der Waals surface area contributed by atoms with Gasteiger partial charge in [0.1, 0.15) is 16.7 Å². The van der Waals surface area contributed by atoms with Gasteiger partial charge >= 0.3 is 0 Å². The molecule has 0 saturated carbocycles. The Hall–Kier alpha value is -7.62. The lowest BCUT2D eigenvalue weighted by molar-refractivity contribution is 0.659. The van der Waals surface area contributed by atoms with Crippen LogP contribution >= 0.6 is 0 Å². The first-order valence-electron chi connectivity index (χ1n) is 23.3.